The highest BCUT2D eigenvalue weighted by Gasteiger charge is 2.09. The molecule has 6 nitrogen and oxygen atoms in total. The Labute approximate surface area is 125 Å². The number of pyridine rings is 1. The molecule has 1 aromatic carbocycles. The highest BCUT2D eigenvalue weighted by atomic mass is 32.2. The van der Waals surface area contributed by atoms with Crippen molar-refractivity contribution in [2.24, 2.45) is 0 Å². The summed E-state index contributed by atoms with van der Waals surface area (Å²) in [6.45, 7) is 0. The first-order valence-electron chi connectivity index (χ1n) is 6.07. The molecule has 0 fully saturated rings. The molecule has 0 bridgehead atoms. The van der Waals surface area contributed by atoms with Crippen LogP contribution in [0.2, 0.25) is 0 Å². The molecule has 104 valence electrons. The quantitative estimate of drug-likeness (QED) is 0.770. The van der Waals surface area contributed by atoms with Crippen molar-refractivity contribution in [3.8, 4) is 11.8 Å². The maximum atomic E-state index is 8.80. The number of nitrogens with zero attached hydrogens (tertiary/aromatic N) is 3. The van der Waals surface area contributed by atoms with Gasteiger partial charge in [-0.1, -0.05) is 0 Å². The van der Waals surface area contributed by atoms with Crippen LogP contribution in [0.5, 0.6) is 5.75 Å². The van der Waals surface area contributed by atoms with Gasteiger partial charge >= 0.3 is 0 Å². The SMILES string of the molecule is COc1ccc2nc(Sc3ncc(C#N)cc3N)[nH]c2c1. The van der Waals surface area contributed by atoms with Crippen molar-refractivity contribution in [2.45, 2.75) is 10.2 Å². The summed E-state index contributed by atoms with van der Waals surface area (Å²) >= 11 is 1.32. The molecule has 0 aliphatic carbocycles. The normalized spacial score (nSPS) is 10.5. The van der Waals surface area contributed by atoms with Crippen LogP contribution in [0, 0.1) is 11.3 Å². The minimum Gasteiger partial charge on any atom is -0.497 e. The zero-order valence-electron chi connectivity index (χ0n) is 11.1. The van der Waals surface area contributed by atoms with Gasteiger partial charge in [-0.2, -0.15) is 5.26 Å². The Morgan fingerprint density at radius 3 is 2.95 bits per heavy atom. The number of anilines is 1. The molecular formula is C14H11N5OS. The largest absolute Gasteiger partial charge is 0.497 e. The number of benzene rings is 1. The van der Waals surface area contributed by atoms with Gasteiger partial charge in [0, 0.05) is 12.3 Å². The first-order valence-corrected chi connectivity index (χ1v) is 6.88. The van der Waals surface area contributed by atoms with Crippen LogP contribution >= 0.6 is 11.8 Å². The molecule has 0 amide bonds. The molecule has 0 aliphatic heterocycles. The third-order valence-corrected chi connectivity index (χ3v) is 3.79. The molecule has 0 saturated heterocycles. The minimum atomic E-state index is 0.436. The van der Waals surface area contributed by atoms with Crippen molar-refractivity contribution >= 4 is 28.5 Å². The highest BCUT2D eigenvalue weighted by Crippen LogP contribution is 2.30. The molecule has 0 spiro atoms. The molecule has 3 N–H and O–H groups in total. The molecule has 21 heavy (non-hydrogen) atoms. The Morgan fingerprint density at radius 1 is 1.38 bits per heavy atom. The summed E-state index contributed by atoms with van der Waals surface area (Å²) in [5.41, 5.74) is 8.50. The standard InChI is InChI=1S/C14H11N5OS/c1-20-9-2-3-11-12(5-9)19-14(18-11)21-13-10(16)4-8(6-15)7-17-13/h2-5,7H,16H2,1H3,(H,18,19). The van der Waals surface area contributed by atoms with Gasteiger partial charge in [0.15, 0.2) is 5.16 Å². The molecular weight excluding hydrogens is 286 g/mol. The van der Waals surface area contributed by atoms with Crippen molar-refractivity contribution in [3.05, 3.63) is 36.0 Å². The maximum Gasteiger partial charge on any atom is 0.172 e. The lowest BCUT2D eigenvalue weighted by Gasteiger charge is -2.01. The van der Waals surface area contributed by atoms with Crippen molar-refractivity contribution in [3.63, 3.8) is 0 Å². The van der Waals surface area contributed by atoms with E-state index in [1.54, 1.807) is 13.2 Å². The molecule has 0 atom stereocenters. The number of methoxy groups -OCH3 is 1. The van der Waals surface area contributed by atoms with Crippen molar-refractivity contribution in [1.29, 1.82) is 5.26 Å². The molecule has 2 aromatic heterocycles. The summed E-state index contributed by atoms with van der Waals surface area (Å²) < 4.78 is 5.18. The van der Waals surface area contributed by atoms with Crippen LogP contribution in [0.25, 0.3) is 11.0 Å². The Morgan fingerprint density at radius 2 is 2.24 bits per heavy atom. The first kappa shape index (κ1) is 13.3. The van der Waals surface area contributed by atoms with Gasteiger partial charge in [0.25, 0.3) is 0 Å². The van der Waals surface area contributed by atoms with E-state index in [0.29, 0.717) is 21.4 Å². The second-order valence-electron chi connectivity index (χ2n) is 4.26. The van der Waals surface area contributed by atoms with E-state index in [0.717, 1.165) is 16.8 Å². The number of nitrogens with two attached hydrogens (primary N) is 1. The first-order chi connectivity index (χ1) is 10.2. The molecule has 3 rings (SSSR count). The van der Waals surface area contributed by atoms with Gasteiger partial charge in [0.05, 0.1) is 29.4 Å². The summed E-state index contributed by atoms with van der Waals surface area (Å²) in [7, 11) is 1.62. The van der Waals surface area contributed by atoms with Crippen LogP contribution in [-0.2, 0) is 0 Å². The van der Waals surface area contributed by atoms with Gasteiger partial charge in [-0.25, -0.2) is 9.97 Å². The van der Waals surface area contributed by atoms with E-state index < -0.39 is 0 Å². The molecule has 0 unspecified atom stereocenters. The van der Waals surface area contributed by atoms with E-state index in [1.807, 2.05) is 24.3 Å². The van der Waals surface area contributed by atoms with E-state index in [2.05, 4.69) is 15.0 Å². The van der Waals surface area contributed by atoms with E-state index in [-0.39, 0.29) is 0 Å². The third-order valence-electron chi connectivity index (χ3n) is 2.87. The monoisotopic (exact) mass is 297 g/mol. The van der Waals surface area contributed by atoms with Crippen molar-refractivity contribution < 1.29 is 4.74 Å². The zero-order valence-corrected chi connectivity index (χ0v) is 11.9. The second-order valence-corrected chi connectivity index (χ2v) is 5.23. The predicted octanol–water partition coefficient (Wildman–Crippen LogP) is 2.57. The smallest absolute Gasteiger partial charge is 0.172 e. The van der Waals surface area contributed by atoms with Crippen LogP contribution in [0.1, 0.15) is 5.56 Å². The molecule has 7 heteroatoms. The number of fused-ring (bicyclic) bond motifs is 1. The van der Waals surface area contributed by atoms with Crippen molar-refractivity contribution in [2.75, 3.05) is 12.8 Å². The molecule has 2 heterocycles. The fourth-order valence-corrected chi connectivity index (χ4v) is 2.62. The average Bonchev–Trinajstić information content (AvgIpc) is 2.90. The van der Waals surface area contributed by atoms with Gasteiger partial charge in [0.2, 0.25) is 0 Å². The van der Waals surface area contributed by atoms with Gasteiger partial charge in [-0.3, -0.25) is 0 Å². The topological polar surface area (TPSA) is 101 Å². The van der Waals surface area contributed by atoms with E-state index in [9.17, 15) is 0 Å². The number of aromatic nitrogens is 3. The Bertz CT molecular complexity index is 852. The number of nitrogen functional groups attached to an aromatic ring is 1. The molecule has 0 radical (unpaired) electrons. The van der Waals surface area contributed by atoms with E-state index in [1.165, 1.54) is 18.0 Å². The zero-order chi connectivity index (χ0) is 14.8. The number of rotatable bonds is 3. The van der Waals surface area contributed by atoms with E-state index in [4.69, 9.17) is 15.7 Å². The number of imidazole rings is 1. The number of nitriles is 1. The summed E-state index contributed by atoms with van der Waals surface area (Å²) in [5, 5.41) is 10.1. The van der Waals surface area contributed by atoms with Crippen LogP contribution in [0.3, 0.4) is 0 Å². The van der Waals surface area contributed by atoms with Crippen LogP contribution in [-0.4, -0.2) is 22.1 Å². The van der Waals surface area contributed by atoms with Gasteiger partial charge in [0.1, 0.15) is 16.8 Å². The lowest BCUT2D eigenvalue weighted by atomic mass is 10.3. The lowest BCUT2D eigenvalue weighted by Crippen LogP contribution is -1.93. The third kappa shape index (κ3) is 2.61. The number of ether oxygens (including phenoxy) is 1. The van der Waals surface area contributed by atoms with E-state index >= 15 is 0 Å². The lowest BCUT2D eigenvalue weighted by molar-refractivity contribution is 0.415. The fourth-order valence-electron chi connectivity index (χ4n) is 1.85. The Balaban J connectivity index is 1.93. The minimum absolute atomic E-state index is 0.436. The van der Waals surface area contributed by atoms with Crippen LogP contribution in [0.15, 0.2) is 40.6 Å². The maximum absolute atomic E-state index is 8.80. The Hall–Kier alpha value is -2.72. The average molecular weight is 297 g/mol. The molecule has 0 aliphatic rings. The number of H-pyrrole nitrogens is 1. The van der Waals surface area contributed by atoms with Crippen molar-refractivity contribution in [1.82, 2.24) is 15.0 Å². The molecule has 3 aromatic rings. The fraction of sp³-hybridized carbons (Fsp3) is 0.0714. The van der Waals surface area contributed by atoms with Gasteiger partial charge in [-0.05, 0) is 30.0 Å². The summed E-state index contributed by atoms with van der Waals surface area (Å²) in [6.07, 6.45) is 1.49. The summed E-state index contributed by atoms with van der Waals surface area (Å²) in [4.78, 5) is 11.8. The van der Waals surface area contributed by atoms with Gasteiger partial charge in [-0.15, -0.1) is 0 Å². The van der Waals surface area contributed by atoms with Gasteiger partial charge < -0.3 is 15.5 Å². The summed E-state index contributed by atoms with van der Waals surface area (Å²) in [5.74, 6) is 0.763. The number of hydrogen-bond acceptors (Lipinski definition) is 6. The predicted molar refractivity (Wildman–Crippen MR) is 80.1 cm³/mol. The number of aromatic amines is 1. The summed E-state index contributed by atoms with van der Waals surface area (Å²) in [6, 6.07) is 9.21. The molecule has 0 saturated carbocycles. The van der Waals surface area contributed by atoms with Crippen LogP contribution < -0.4 is 10.5 Å². The van der Waals surface area contributed by atoms with Crippen LogP contribution in [0.4, 0.5) is 5.69 Å². The number of nitrogens with one attached hydrogen (secondary N) is 1. The number of hydrogen-bond donors (Lipinski definition) is 2. The second kappa shape index (κ2) is 5.34. The Kier molecular flexibility index (Phi) is 3.38. The highest BCUT2D eigenvalue weighted by molar-refractivity contribution is 7.99.